The van der Waals surface area contributed by atoms with Crippen LogP contribution in [0.3, 0.4) is 0 Å². The number of nitrogens with one attached hydrogen (secondary N) is 4. The normalized spacial score (nSPS) is 21.3. The second-order valence-corrected chi connectivity index (χ2v) is 6.83. The number of rotatable bonds is 6. The van der Waals surface area contributed by atoms with Crippen molar-refractivity contribution in [3.05, 3.63) is 58.6 Å². The fourth-order valence-corrected chi connectivity index (χ4v) is 3.04. The van der Waals surface area contributed by atoms with E-state index in [-0.39, 0.29) is 23.7 Å². The number of halogens is 2. The summed E-state index contributed by atoms with van der Waals surface area (Å²) in [4.78, 5) is 11.8. The van der Waals surface area contributed by atoms with Crippen LogP contribution in [0.5, 0.6) is 11.5 Å². The number of hydrogen-bond donors (Lipinski definition) is 4. The molecule has 0 bridgehead atoms. The van der Waals surface area contributed by atoms with E-state index in [2.05, 4.69) is 16.0 Å². The van der Waals surface area contributed by atoms with Gasteiger partial charge in [-0.15, -0.1) is 0 Å². The Bertz CT molecular complexity index is 911. The van der Waals surface area contributed by atoms with Gasteiger partial charge in [0.2, 0.25) is 6.17 Å². The highest BCUT2D eigenvalue weighted by Crippen LogP contribution is 2.28. The Morgan fingerprint density at radius 3 is 2.45 bits per heavy atom. The first-order valence-corrected chi connectivity index (χ1v) is 9.39. The van der Waals surface area contributed by atoms with E-state index in [4.69, 9.17) is 26.5 Å². The number of hydrogen-bond acceptors (Lipinski definition) is 6. The maximum absolute atomic E-state index is 15.1. The molecule has 1 aliphatic heterocycles. The number of para-hydroxylation sites is 1. The monoisotopic (exact) mass is 420 g/mol. The molecule has 1 amide bonds. The van der Waals surface area contributed by atoms with E-state index < -0.39 is 24.5 Å². The molecule has 4 N–H and O–H groups in total. The predicted octanol–water partition coefficient (Wildman–Crippen LogP) is 2.36. The van der Waals surface area contributed by atoms with Gasteiger partial charge < -0.3 is 14.8 Å². The molecule has 7 nitrogen and oxygen atoms in total. The summed E-state index contributed by atoms with van der Waals surface area (Å²) in [7, 11) is 1.44. The van der Waals surface area contributed by atoms with Gasteiger partial charge in [0, 0.05) is 23.2 Å². The van der Waals surface area contributed by atoms with Crippen LogP contribution >= 0.6 is 11.6 Å². The molecule has 1 heterocycles. The molecule has 0 radical (unpaired) electrons. The van der Waals surface area contributed by atoms with Crippen LogP contribution in [-0.2, 0) is 4.79 Å². The molecular formula is C20H22ClFN4O3. The summed E-state index contributed by atoms with van der Waals surface area (Å²) in [6.07, 6.45) is -3.59. The highest BCUT2D eigenvalue weighted by atomic mass is 35.5. The molecule has 0 saturated carbocycles. The van der Waals surface area contributed by atoms with Crippen molar-refractivity contribution in [2.24, 2.45) is 0 Å². The van der Waals surface area contributed by atoms with Crippen molar-refractivity contribution in [3.63, 3.8) is 0 Å². The van der Waals surface area contributed by atoms with Crippen molar-refractivity contribution in [2.45, 2.75) is 25.6 Å². The largest absolute Gasteiger partial charge is 0.472 e. The zero-order valence-corrected chi connectivity index (χ0v) is 16.7. The Hall–Kier alpha value is -2.68. The van der Waals surface area contributed by atoms with Gasteiger partial charge in [0.1, 0.15) is 17.2 Å². The van der Waals surface area contributed by atoms with Crippen LogP contribution in [0.1, 0.15) is 11.1 Å². The molecule has 0 spiro atoms. The van der Waals surface area contributed by atoms with E-state index >= 15 is 4.39 Å². The highest BCUT2D eigenvalue weighted by Gasteiger charge is 2.37. The second-order valence-electron chi connectivity index (χ2n) is 6.42. The summed E-state index contributed by atoms with van der Waals surface area (Å²) in [6, 6.07) is 11.7. The molecule has 0 aromatic heterocycles. The summed E-state index contributed by atoms with van der Waals surface area (Å²) in [5.41, 5.74) is 0.709. The zero-order valence-electron chi connectivity index (χ0n) is 16.0. The van der Waals surface area contributed by atoms with E-state index in [1.54, 1.807) is 49.4 Å². The molecule has 154 valence electrons. The number of ether oxygens (including phenoxy) is 2. The van der Waals surface area contributed by atoms with E-state index in [9.17, 15) is 4.79 Å². The van der Waals surface area contributed by atoms with Crippen LogP contribution < -0.4 is 25.4 Å². The van der Waals surface area contributed by atoms with Gasteiger partial charge in [0.05, 0.1) is 6.67 Å². The Kier molecular flexibility index (Phi) is 6.68. The van der Waals surface area contributed by atoms with Crippen molar-refractivity contribution in [2.75, 3.05) is 13.7 Å². The van der Waals surface area contributed by atoms with Gasteiger partial charge in [-0.3, -0.25) is 20.8 Å². The molecule has 3 atom stereocenters. The number of amides is 1. The van der Waals surface area contributed by atoms with Gasteiger partial charge in [0.25, 0.3) is 5.91 Å². The average molecular weight is 421 g/mol. The van der Waals surface area contributed by atoms with E-state index in [0.29, 0.717) is 16.3 Å². The van der Waals surface area contributed by atoms with Crippen LogP contribution in [0.4, 0.5) is 4.39 Å². The van der Waals surface area contributed by atoms with Crippen molar-refractivity contribution in [1.82, 2.24) is 16.0 Å². The number of benzene rings is 2. The van der Waals surface area contributed by atoms with Crippen molar-refractivity contribution in [3.8, 4) is 11.5 Å². The van der Waals surface area contributed by atoms with Gasteiger partial charge in [-0.25, -0.2) is 4.39 Å². The summed E-state index contributed by atoms with van der Waals surface area (Å²) in [5.74, 6) is 0.134. The standard InChI is InChI=1S/C20H22ClFN4O3/c1-11-13(21)7-5-9-14(11)28-19-16(22)20(26-10-25-19)29-15-8-4-3-6-12(15)17(23)18(27)24-2/h3-9,16,19-20,23,25-26H,10H2,1-2H3,(H,24,27). The Morgan fingerprint density at radius 1 is 1.14 bits per heavy atom. The average Bonchev–Trinajstić information content (AvgIpc) is 2.73. The molecule has 1 aliphatic rings. The van der Waals surface area contributed by atoms with Crippen LogP contribution in [0, 0.1) is 12.3 Å². The van der Waals surface area contributed by atoms with Gasteiger partial charge in [0.15, 0.2) is 12.5 Å². The molecular weight excluding hydrogens is 399 g/mol. The number of alkyl halides is 1. The van der Waals surface area contributed by atoms with E-state index in [1.165, 1.54) is 7.05 Å². The second kappa shape index (κ2) is 9.21. The van der Waals surface area contributed by atoms with Crippen molar-refractivity contribution >= 4 is 23.2 Å². The number of carbonyl (C=O) groups is 1. The molecule has 2 aromatic rings. The minimum atomic E-state index is -1.58. The molecule has 3 rings (SSSR count). The fourth-order valence-electron chi connectivity index (χ4n) is 2.87. The summed E-state index contributed by atoms with van der Waals surface area (Å²) in [5, 5.41) is 16.7. The first kappa shape index (κ1) is 21.0. The minimum absolute atomic E-state index is 0.223. The lowest BCUT2D eigenvalue weighted by Gasteiger charge is -2.35. The maximum Gasteiger partial charge on any atom is 0.269 e. The van der Waals surface area contributed by atoms with E-state index in [1.807, 2.05) is 0 Å². The third kappa shape index (κ3) is 4.67. The van der Waals surface area contributed by atoms with Crippen LogP contribution in [0.15, 0.2) is 42.5 Å². The summed E-state index contributed by atoms with van der Waals surface area (Å²) in [6.45, 7) is 2.03. The van der Waals surface area contributed by atoms with Crippen molar-refractivity contribution in [1.29, 1.82) is 5.41 Å². The number of carbonyl (C=O) groups excluding carboxylic acids is 1. The summed E-state index contributed by atoms with van der Waals surface area (Å²) < 4.78 is 26.7. The highest BCUT2D eigenvalue weighted by molar-refractivity contribution is 6.44. The van der Waals surface area contributed by atoms with Gasteiger partial charge >= 0.3 is 0 Å². The van der Waals surface area contributed by atoms with E-state index in [0.717, 1.165) is 0 Å². The summed E-state index contributed by atoms with van der Waals surface area (Å²) >= 11 is 6.10. The first-order valence-electron chi connectivity index (χ1n) is 9.01. The fraction of sp³-hybridized carbons (Fsp3) is 0.300. The van der Waals surface area contributed by atoms with Gasteiger partial charge in [-0.05, 0) is 31.2 Å². The molecule has 0 aliphatic carbocycles. The first-order chi connectivity index (χ1) is 13.9. The lowest BCUT2D eigenvalue weighted by atomic mass is 10.1. The third-order valence-corrected chi connectivity index (χ3v) is 4.93. The Balaban J connectivity index is 1.76. The SMILES string of the molecule is CNC(=O)C(=N)c1ccccc1OC1NCNC(Oc2cccc(Cl)c2C)C1F. The minimum Gasteiger partial charge on any atom is -0.472 e. The van der Waals surface area contributed by atoms with Crippen LogP contribution in [-0.4, -0.2) is 44.0 Å². The Labute approximate surface area is 173 Å². The molecule has 3 unspecified atom stereocenters. The van der Waals surface area contributed by atoms with Crippen LogP contribution in [0.2, 0.25) is 5.02 Å². The Morgan fingerprint density at radius 2 is 1.76 bits per heavy atom. The van der Waals surface area contributed by atoms with Gasteiger partial charge in [-0.1, -0.05) is 29.8 Å². The quantitative estimate of drug-likeness (QED) is 0.538. The smallest absolute Gasteiger partial charge is 0.269 e. The third-order valence-electron chi connectivity index (χ3n) is 4.52. The zero-order chi connectivity index (χ0) is 21.0. The molecule has 29 heavy (non-hydrogen) atoms. The van der Waals surface area contributed by atoms with Crippen molar-refractivity contribution < 1.29 is 18.7 Å². The maximum atomic E-state index is 15.1. The molecule has 1 saturated heterocycles. The lowest BCUT2D eigenvalue weighted by Crippen LogP contribution is -2.63. The topological polar surface area (TPSA) is 95.5 Å². The van der Waals surface area contributed by atoms with Gasteiger partial charge in [-0.2, -0.15) is 0 Å². The molecule has 1 fully saturated rings. The molecule has 9 heteroatoms. The predicted molar refractivity (Wildman–Crippen MR) is 108 cm³/mol. The van der Waals surface area contributed by atoms with Crippen LogP contribution in [0.25, 0.3) is 0 Å². The number of likely N-dealkylation sites (N-methyl/N-ethyl adjacent to an activating group) is 1. The molecule has 2 aromatic carbocycles. The lowest BCUT2D eigenvalue weighted by molar-refractivity contribution is -0.114.